The fourth-order valence-electron chi connectivity index (χ4n) is 3.34. The summed E-state index contributed by atoms with van der Waals surface area (Å²) >= 11 is 5.93. The number of hydrogen-bond acceptors (Lipinski definition) is 5. The number of amides is 2. The third kappa shape index (κ3) is 5.74. The molecule has 1 aliphatic heterocycles. The van der Waals surface area contributed by atoms with Crippen LogP contribution >= 0.6 is 11.6 Å². The van der Waals surface area contributed by atoms with Crippen LogP contribution in [0.3, 0.4) is 0 Å². The molecule has 164 valence electrons. The first-order valence-electron chi connectivity index (χ1n) is 9.86. The average Bonchev–Trinajstić information content (AvgIpc) is 2.74. The van der Waals surface area contributed by atoms with Crippen LogP contribution in [-0.4, -0.2) is 79.5 Å². The first kappa shape index (κ1) is 22.6. The maximum absolute atomic E-state index is 12.5. The van der Waals surface area contributed by atoms with Gasteiger partial charge in [-0.1, -0.05) is 17.7 Å². The van der Waals surface area contributed by atoms with E-state index in [1.807, 2.05) is 0 Å². The van der Waals surface area contributed by atoms with Gasteiger partial charge in [0.2, 0.25) is 5.91 Å². The lowest BCUT2D eigenvalue weighted by atomic mass is 10.1. The molecule has 0 aromatic heterocycles. The van der Waals surface area contributed by atoms with Crippen molar-refractivity contribution in [2.24, 2.45) is 0 Å². The van der Waals surface area contributed by atoms with Crippen molar-refractivity contribution in [1.29, 1.82) is 0 Å². The molecule has 31 heavy (non-hydrogen) atoms. The van der Waals surface area contributed by atoms with Crippen molar-refractivity contribution >= 4 is 40.8 Å². The van der Waals surface area contributed by atoms with E-state index in [1.165, 1.54) is 6.07 Å². The van der Waals surface area contributed by atoms with Crippen LogP contribution in [0.5, 0.6) is 0 Å². The molecule has 1 aliphatic rings. The number of carbonyl (C=O) groups is 3. The lowest BCUT2D eigenvalue weighted by Gasteiger charge is -2.36. The van der Waals surface area contributed by atoms with Gasteiger partial charge in [-0.3, -0.25) is 14.5 Å². The number of carbonyl (C=O) groups excluding carboxylic acids is 2. The number of hydrogen-bond donors (Lipinski definition) is 2. The molecule has 2 N–H and O–H groups in total. The quantitative estimate of drug-likeness (QED) is 0.711. The van der Waals surface area contributed by atoms with E-state index in [4.69, 9.17) is 11.6 Å². The average molecular weight is 445 g/mol. The molecule has 0 spiro atoms. The summed E-state index contributed by atoms with van der Waals surface area (Å²) < 4.78 is 0. The van der Waals surface area contributed by atoms with Gasteiger partial charge in [0.1, 0.15) is 0 Å². The predicted molar refractivity (Wildman–Crippen MR) is 120 cm³/mol. The number of aromatic carboxylic acids is 1. The minimum atomic E-state index is -1.13. The first-order chi connectivity index (χ1) is 14.7. The molecule has 0 radical (unpaired) electrons. The minimum absolute atomic E-state index is 0.0121. The van der Waals surface area contributed by atoms with Crippen LogP contribution in [0.4, 0.5) is 11.4 Å². The van der Waals surface area contributed by atoms with Gasteiger partial charge in [0.05, 0.1) is 17.8 Å². The summed E-state index contributed by atoms with van der Waals surface area (Å²) in [6.07, 6.45) is 0. The number of halogens is 1. The van der Waals surface area contributed by atoms with Gasteiger partial charge in [0.15, 0.2) is 0 Å². The number of likely N-dealkylation sites (N-methyl/N-ethyl adjacent to an activating group) is 1. The molecule has 1 fully saturated rings. The third-order valence-corrected chi connectivity index (χ3v) is 5.40. The standard InChI is InChI=1S/C22H25ClN4O4/c1-25(2)20(28)14-26-8-10-27(11-9-26)17-6-7-19(18(13-17)22(30)31)24-21(29)15-4-3-5-16(23)12-15/h3-7,12-13H,8-11,14H2,1-2H3,(H,24,29)(H,30,31). The van der Waals surface area contributed by atoms with Crippen LogP contribution < -0.4 is 10.2 Å². The largest absolute Gasteiger partial charge is 0.478 e. The molecule has 8 nitrogen and oxygen atoms in total. The molecule has 0 atom stereocenters. The van der Waals surface area contributed by atoms with Crippen LogP contribution in [0.25, 0.3) is 0 Å². The molecule has 0 unspecified atom stereocenters. The molecular formula is C22H25ClN4O4. The Balaban J connectivity index is 1.70. The van der Waals surface area contributed by atoms with E-state index in [-0.39, 0.29) is 17.2 Å². The van der Waals surface area contributed by atoms with E-state index in [9.17, 15) is 19.5 Å². The van der Waals surface area contributed by atoms with Gasteiger partial charge in [0, 0.05) is 56.5 Å². The molecule has 1 heterocycles. The van der Waals surface area contributed by atoms with Crippen molar-refractivity contribution in [2.45, 2.75) is 0 Å². The van der Waals surface area contributed by atoms with E-state index < -0.39 is 11.9 Å². The number of rotatable bonds is 6. The Kier molecular flexibility index (Phi) is 7.14. The number of carboxylic acid groups (broad SMARTS) is 1. The molecular weight excluding hydrogens is 420 g/mol. The zero-order valence-electron chi connectivity index (χ0n) is 17.5. The monoisotopic (exact) mass is 444 g/mol. The highest BCUT2D eigenvalue weighted by Crippen LogP contribution is 2.25. The van der Waals surface area contributed by atoms with E-state index in [2.05, 4.69) is 15.1 Å². The zero-order valence-corrected chi connectivity index (χ0v) is 18.2. The lowest BCUT2D eigenvalue weighted by Crippen LogP contribution is -2.49. The van der Waals surface area contributed by atoms with Gasteiger partial charge in [-0.15, -0.1) is 0 Å². The van der Waals surface area contributed by atoms with Crippen LogP contribution in [0.1, 0.15) is 20.7 Å². The predicted octanol–water partition coefficient (Wildman–Crippen LogP) is 2.50. The van der Waals surface area contributed by atoms with Crippen LogP contribution in [0, 0.1) is 0 Å². The number of carboxylic acids is 1. The third-order valence-electron chi connectivity index (χ3n) is 5.16. The van der Waals surface area contributed by atoms with E-state index in [0.717, 1.165) is 5.69 Å². The molecule has 2 aromatic rings. The smallest absolute Gasteiger partial charge is 0.337 e. The molecule has 2 aromatic carbocycles. The number of nitrogens with one attached hydrogen (secondary N) is 1. The van der Waals surface area contributed by atoms with Gasteiger partial charge in [-0.05, 0) is 36.4 Å². The maximum Gasteiger partial charge on any atom is 0.337 e. The number of nitrogens with zero attached hydrogens (tertiary/aromatic N) is 3. The first-order valence-corrected chi connectivity index (χ1v) is 10.2. The molecule has 0 bridgehead atoms. The van der Waals surface area contributed by atoms with Crippen LogP contribution in [-0.2, 0) is 4.79 Å². The van der Waals surface area contributed by atoms with Crippen molar-refractivity contribution in [3.8, 4) is 0 Å². The van der Waals surface area contributed by atoms with Gasteiger partial charge < -0.3 is 20.2 Å². The summed E-state index contributed by atoms with van der Waals surface area (Å²) in [5.74, 6) is -1.50. The Morgan fingerprint density at radius 3 is 2.39 bits per heavy atom. The minimum Gasteiger partial charge on any atom is -0.478 e. The summed E-state index contributed by atoms with van der Waals surface area (Å²) in [7, 11) is 3.47. The van der Waals surface area contributed by atoms with E-state index >= 15 is 0 Å². The summed E-state index contributed by atoms with van der Waals surface area (Å²) in [5.41, 5.74) is 1.34. The fraction of sp³-hybridized carbons (Fsp3) is 0.318. The molecule has 0 aliphatic carbocycles. The fourth-order valence-corrected chi connectivity index (χ4v) is 3.53. The highest BCUT2D eigenvalue weighted by molar-refractivity contribution is 6.31. The Morgan fingerprint density at radius 1 is 1.06 bits per heavy atom. The van der Waals surface area contributed by atoms with Crippen molar-refractivity contribution in [2.75, 3.05) is 57.0 Å². The lowest BCUT2D eigenvalue weighted by molar-refractivity contribution is -0.129. The summed E-state index contributed by atoms with van der Waals surface area (Å²) in [5, 5.41) is 12.7. The Morgan fingerprint density at radius 2 is 1.77 bits per heavy atom. The molecule has 9 heteroatoms. The highest BCUT2D eigenvalue weighted by Gasteiger charge is 2.22. The van der Waals surface area contributed by atoms with E-state index in [0.29, 0.717) is 43.3 Å². The SMILES string of the molecule is CN(C)C(=O)CN1CCN(c2ccc(NC(=O)c3cccc(Cl)c3)c(C(=O)O)c2)CC1. The van der Waals surface area contributed by atoms with Crippen LogP contribution in [0.15, 0.2) is 42.5 Å². The molecule has 2 amide bonds. The van der Waals surface area contributed by atoms with Gasteiger partial charge in [-0.25, -0.2) is 4.79 Å². The van der Waals surface area contributed by atoms with Crippen molar-refractivity contribution in [1.82, 2.24) is 9.80 Å². The normalized spacial score (nSPS) is 14.2. The molecule has 1 saturated heterocycles. The highest BCUT2D eigenvalue weighted by atomic mass is 35.5. The number of benzene rings is 2. The van der Waals surface area contributed by atoms with Crippen molar-refractivity contribution < 1.29 is 19.5 Å². The Hall–Kier alpha value is -3.10. The maximum atomic E-state index is 12.5. The number of anilines is 2. The Bertz CT molecular complexity index is 987. The van der Waals surface area contributed by atoms with E-state index in [1.54, 1.807) is 55.4 Å². The van der Waals surface area contributed by atoms with Crippen LogP contribution in [0.2, 0.25) is 5.02 Å². The molecule has 0 saturated carbocycles. The number of piperazine rings is 1. The summed E-state index contributed by atoms with van der Waals surface area (Å²) in [6, 6.07) is 11.4. The van der Waals surface area contributed by atoms with Crippen molar-refractivity contribution in [3.63, 3.8) is 0 Å². The van der Waals surface area contributed by atoms with Gasteiger partial charge >= 0.3 is 5.97 Å². The molecule has 3 rings (SSSR count). The Labute approximate surface area is 186 Å². The second-order valence-electron chi connectivity index (χ2n) is 7.55. The second kappa shape index (κ2) is 9.80. The topological polar surface area (TPSA) is 93.2 Å². The summed E-state index contributed by atoms with van der Waals surface area (Å²) in [6.45, 7) is 3.13. The second-order valence-corrected chi connectivity index (χ2v) is 7.99. The zero-order chi connectivity index (χ0) is 22.5. The van der Waals surface area contributed by atoms with Gasteiger partial charge in [-0.2, -0.15) is 0 Å². The van der Waals surface area contributed by atoms with Gasteiger partial charge in [0.25, 0.3) is 5.91 Å². The van der Waals surface area contributed by atoms with Crippen molar-refractivity contribution in [3.05, 3.63) is 58.6 Å². The summed E-state index contributed by atoms with van der Waals surface area (Å²) in [4.78, 5) is 41.9.